The number of amides is 2. The average Bonchev–Trinajstić information content (AvgIpc) is 3.73. The highest BCUT2D eigenvalue weighted by Gasteiger charge is 2.18. The summed E-state index contributed by atoms with van der Waals surface area (Å²) in [5.74, 6) is 1.43. The predicted molar refractivity (Wildman–Crippen MR) is 221 cm³/mol. The van der Waals surface area contributed by atoms with E-state index < -0.39 is 0 Å². The number of halogens is 2. The molecule has 0 bridgehead atoms. The summed E-state index contributed by atoms with van der Waals surface area (Å²) >= 11 is 11.9. The molecule has 0 aliphatic heterocycles. The molecular weight excluding hydrogens is 691 g/mol. The van der Waals surface area contributed by atoms with E-state index in [1.165, 1.54) is 89.9 Å². The van der Waals surface area contributed by atoms with Crippen molar-refractivity contribution in [2.75, 3.05) is 40.4 Å². The maximum absolute atomic E-state index is 13.2. The Morgan fingerprint density at radius 3 is 1.90 bits per heavy atom. The van der Waals surface area contributed by atoms with Gasteiger partial charge < -0.3 is 25.1 Å². The second-order valence-electron chi connectivity index (χ2n) is 14.0. The summed E-state index contributed by atoms with van der Waals surface area (Å²) in [7, 11) is 1.92. The Bertz CT molecular complexity index is 1630. The molecule has 0 fully saturated rings. The van der Waals surface area contributed by atoms with Crippen molar-refractivity contribution in [3.05, 3.63) is 60.3 Å². The number of hydrogen-bond acceptors (Lipinski definition) is 4. The first-order valence-corrected chi connectivity index (χ1v) is 20.7. The molecular formula is C42H60Cl2N6O2. The SMILES string of the molecule is CCCCCCCCCCCCCCCCCCC(=O)Nc1ccc2[nH]c(-c3c(NC(=O)c4ccc(N(CCCl)CCCl)cc4)ccn3C)nc2c1. The fourth-order valence-corrected chi connectivity index (χ4v) is 7.18. The topological polar surface area (TPSA) is 95.0 Å². The van der Waals surface area contributed by atoms with Crippen molar-refractivity contribution < 1.29 is 9.59 Å². The Kier molecular flexibility index (Phi) is 18.4. The van der Waals surface area contributed by atoms with Crippen LogP contribution in [0.5, 0.6) is 0 Å². The molecule has 2 aromatic carbocycles. The van der Waals surface area contributed by atoms with Gasteiger partial charge in [-0.15, -0.1) is 23.2 Å². The molecule has 0 aliphatic rings. The number of anilines is 3. The molecule has 0 atom stereocenters. The van der Waals surface area contributed by atoms with Crippen molar-refractivity contribution in [2.24, 2.45) is 7.05 Å². The smallest absolute Gasteiger partial charge is 0.255 e. The minimum absolute atomic E-state index is 0.0340. The lowest BCUT2D eigenvalue weighted by Crippen LogP contribution is -2.27. The van der Waals surface area contributed by atoms with Gasteiger partial charge in [0.1, 0.15) is 5.69 Å². The second-order valence-corrected chi connectivity index (χ2v) is 14.7. The normalized spacial score (nSPS) is 11.3. The fourth-order valence-electron chi connectivity index (χ4n) is 6.77. The minimum Gasteiger partial charge on any atom is -0.369 e. The van der Waals surface area contributed by atoms with Gasteiger partial charge in [-0.2, -0.15) is 0 Å². The van der Waals surface area contributed by atoms with E-state index in [4.69, 9.17) is 28.2 Å². The number of aryl methyl sites for hydroxylation is 1. The molecule has 52 heavy (non-hydrogen) atoms. The first-order valence-electron chi connectivity index (χ1n) is 19.7. The van der Waals surface area contributed by atoms with Gasteiger partial charge in [-0.25, -0.2) is 4.98 Å². The standard InChI is InChI=1S/C42H60Cl2N6O2/c1-3-4-5-6-7-8-9-10-11-12-13-14-15-16-17-18-19-39(51)45-34-22-25-36-38(32-34)47-41(46-36)40-37(26-29-49(40)2)48-42(52)33-20-23-35(24-21-33)50(30-27-43)31-28-44/h20-26,29,32H,3-19,27-28,30-31H2,1-2H3,(H,45,51)(H,46,47)(H,48,52). The van der Waals surface area contributed by atoms with Crippen LogP contribution < -0.4 is 15.5 Å². The average molecular weight is 752 g/mol. The number of rotatable bonds is 26. The van der Waals surface area contributed by atoms with Crippen molar-refractivity contribution in [3.63, 3.8) is 0 Å². The van der Waals surface area contributed by atoms with Crippen LogP contribution in [0.1, 0.15) is 126 Å². The fraction of sp³-hybridized carbons (Fsp3) is 0.548. The molecule has 4 rings (SSSR count). The lowest BCUT2D eigenvalue weighted by atomic mass is 10.0. The number of aromatic amines is 1. The van der Waals surface area contributed by atoms with E-state index in [2.05, 4.69) is 27.4 Å². The van der Waals surface area contributed by atoms with Crippen LogP contribution in [0, 0.1) is 0 Å². The van der Waals surface area contributed by atoms with Gasteiger partial charge >= 0.3 is 0 Å². The maximum atomic E-state index is 13.2. The number of imidazole rings is 1. The summed E-state index contributed by atoms with van der Waals surface area (Å²) in [6, 6.07) is 15.0. The van der Waals surface area contributed by atoms with Crippen LogP contribution in [-0.4, -0.2) is 51.2 Å². The zero-order valence-electron chi connectivity index (χ0n) is 31.5. The summed E-state index contributed by atoms with van der Waals surface area (Å²) in [6.07, 6.45) is 23.5. The Morgan fingerprint density at radius 2 is 1.33 bits per heavy atom. The number of benzene rings is 2. The molecule has 2 amide bonds. The number of aromatic nitrogens is 3. The molecule has 2 aromatic heterocycles. The monoisotopic (exact) mass is 750 g/mol. The van der Waals surface area contributed by atoms with Gasteiger partial charge in [0.2, 0.25) is 5.91 Å². The van der Waals surface area contributed by atoms with Crippen LogP contribution in [0.3, 0.4) is 0 Å². The zero-order valence-corrected chi connectivity index (χ0v) is 33.0. The molecule has 3 N–H and O–H groups in total. The highest BCUT2D eigenvalue weighted by atomic mass is 35.5. The lowest BCUT2D eigenvalue weighted by molar-refractivity contribution is -0.116. The van der Waals surface area contributed by atoms with E-state index in [1.807, 2.05) is 54.2 Å². The summed E-state index contributed by atoms with van der Waals surface area (Å²) < 4.78 is 1.92. The molecule has 0 saturated heterocycles. The summed E-state index contributed by atoms with van der Waals surface area (Å²) in [5, 5.41) is 6.10. The van der Waals surface area contributed by atoms with Crippen molar-refractivity contribution in [3.8, 4) is 11.5 Å². The third-order valence-electron chi connectivity index (χ3n) is 9.77. The summed E-state index contributed by atoms with van der Waals surface area (Å²) in [5.41, 5.74) is 5.23. The van der Waals surface area contributed by atoms with Crippen LogP contribution in [0.15, 0.2) is 54.7 Å². The van der Waals surface area contributed by atoms with E-state index in [9.17, 15) is 9.59 Å². The number of nitrogens with zero attached hydrogens (tertiary/aromatic N) is 3. The second kappa shape index (κ2) is 23.2. The van der Waals surface area contributed by atoms with Crippen LogP contribution >= 0.6 is 23.2 Å². The molecule has 0 unspecified atom stereocenters. The minimum atomic E-state index is -0.217. The predicted octanol–water partition coefficient (Wildman–Crippen LogP) is 11.7. The lowest BCUT2D eigenvalue weighted by Gasteiger charge is -2.22. The number of carbonyl (C=O) groups is 2. The molecule has 284 valence electrons. The zero-order chi connectivity index (χ0) is 37.0. The van der Waals surface area contributed by atoms with Gasteiger partial charge in [0, 0.05) is 61.5 Å². The highest BCUT2D eigenvalue weighted by molar-refractivity contribution is 6.18. The molecule has 0 spiro atoms. The van der Waals surface area contributed by atoms with E-state index in [1.54, 1.807) is 12.1 Å². The molecule has 4 aromatic rings. The largest absolute Gasteiger partial charge is 0.369 e. The third-order valence-corrected chi connectivity index (χ3v) is 10.1. The Balaban J connectivity index is 1.18. The number of H-pyrrole nitrogens is 1. The summed E-state index contributed by atoms with van der Waals surface area (Å²) in [6.45, 7) is 3.63. The van der Waals surface area contributed by atoms with E-state index in [0.29, 0.717) is 48.3 Å². The van der Waals surface area contributed by atoms with Gasteiger partial charge in [0.05, 0.1) is 16.7 Å². The highest BCUT2D eigenvalue weighted by Crippen LogP contribution is 2.30. The van der Waals surface area contributed by atoms with Gasteiger partial charge in [0.15, 0.2) is 5.82 Å². The Hall–Kier alpha value is -3.49. The number of unbranched alkanes of at least 4 members (excludes halogenated alkanes) is 15. The molecule has 8 nitrogen and oxygen atoms in total. The molecule has 0 radical (unpaired) electrons. The van der Waals surface area contributed by atoms with Crippen molar-refractivity contribution in [1.29, 1.82) is 0 Å². The third kappa shape index (κ3) is 13.5. The van der Waals surface area contributed by atoms with Crippen molar-refractivity contribution in [2.45, 2.75) is 116 Å². The molecule has 0 saturated carbocycles. The van der Waals surface area contributed by atoms with E-state index >= 15 is 0 Å². The molecule has 0 aliphatic carbocycles. The Morgan fingerprint density at radius 1 is 0.750 bits per heavy atom. The van der Waals surface area contributed by atoms with Gasteiger partial charge in [-0.05, 0) is 55.0 Å². The van der Waals surface area contributed by atoms with Crippen LogP contribution in [-0.2, 0) is 11.8 Å². The quantitative estimate of drug-likeness (QED) is 0.0440. The van der Waals surface area contributed by atoms with E-state index in [-0.39, 0.29) is 11.8 Å². The number of fused-ring (bicyclic) bond motifs is 1. The van der Waals surface area contributed by atoms with E-state index in [0.717, 1.165) is 40.9 Å². The van der Waals surface area contributed by atoms with Gasteiger partial charge in [-0.3, -0.25) is 9.59 Å². The molecule has 2 heterocycles. The van der Waals surface area contributed by atoms with Crippen molar-refractivity contribution in [1.82, 2.24) is 14.5 Å². The first-order chi connectivity index (χ1) is 25.4. The summed E-state index contributed by atoms with van der Waals surface area (Å²) in [4.78, 5) is 36.3. The maximum Gasteiger partial charge on any atom is 0.255 e. The molecule has 10 heteroatoms. The van der Waals surface area contributed by atoms with Gasteiger partial charge in [0.25, 0.3) is 5.91 Å². The number of hydrogen-bond donors (Lipinski definition) is 3. The van der Waals surface area contributed by atoms with Crippen LogP contribution in [0.4, 0.5) is 17.1 Å². The van der Waals surface area contributed by atoms with Crippen LogP contribution in [0.25, 0.3) is 22.6 Å². The van der Waals surface area contributed by atoms with Gasteiger partial charge in [-0.1, -0.05) is 103 Å². The Labute approximate surface area is 321 Å². The number of alkyl halides is 2. The van der Waals surface area contributed by atoms with Crippen molar-refractivity contribution >= 4 is 63.1 Å². The number of carbonyl (C=O) groups excluding carboxylic acids is 2. The number of nitrogens with one attached hydrogen (secondary N) is 3. The van der Waals surface area contributed by atoms with Crippen LogP contribution in [0.2, 0.25) is 0 Å². The first kappa shape index (κ1) is 41.3.